The van der Waals surface area contributed by atoms with E-state index in [2.05, 4.69) is 5.32 Å². The first-order chi connectivity index (χ1) is 20.9. The number of aromatic nitrogens is 1. The number of carbonyl (C=O) groups excluding carboxylic acids is 2. The maximum absolute atomic E-state index is 13.0. The minimum Gasteiger partial charge on any atom is -0.506 e. The highest BCUT2D eigenvalue weighted by molar-refractivity contribution is 6.31. The first-order valence-corrected chi connectivity index (χ1v) is 14.0. The standard InChI is InChI=1S/C23H19Cl2N3O7.C7H8ClN/c24-14-7-5-12(6-8-14)9-26-20(32)17-19(31)18(21(33)27-10-16(29)30)23(35)28(22(17)34)11-13-3-1-2-4-15(13)25;8-7-3-1-6(5-9)2-4-7/h1-8,31,34H,9-11H2,(H,26,32)(H,27,33)(H,29,30);1-4H,5,9H2. The summed E-state index contributed by atoms with van der Waals surface area (Å²) >= 11 is 17.6. The Morgan fingerprint density at radius 1 is 0.773 bits per heavy atom. The third-order valence-electron chi connectivity index (χ3n) is 6.07. The number of hydrogen-bond donors (Lipinski definition) is 6. The summed E-state index contributed by atoms with van der Waals surface area (Å²) in [6.45, 7) is -0.640. The molecule has 0 aliphatic carbocycles. The Labute approximate surface area is 266 Å². The van der Waals surface area contributed by atoms with Crippen LogP contribution in [-0.2, 0) is 24.4 Å². The van der Waals surface area contributed by atoms with Crippen molar-refractivity contribution in [2.24, 2.45) is 5.73 Å². The largest absolute Gasteiger partial charge is 0.506 e. The Balaban J connectivity index is 0.000000502. The minimum absolute atomic E-state index is 0.0287. The number of aliphatic carboxylic acids is 1. The molecule has 0 atom stereocenters. The number of carboxylic acid groups (broad SMARTS) is 1. The summed E-state index contributed by atoms with van der Waals surface area (Å²) in [5.41, 5.74) is 4.68. The van der Waals surface area contributed by atoms with E-state index in [9.17, 15) is 29.4 Å². The molecule has 4 rings (SSSR count). The maximum Gasteiger partial charge on any atom is 0.322 e. The zero-order valence-corrected chi connectivity index (χ0v) is 25.2. The van der Waals surface area contributed by atoms with E-state index in [1.54, 1.807) is 48.5 Å². The first-order valence-electron chi connectivity index (χ1n) is 12.8. The highest BCUT2D eigenvalue weighted by atomic mass is 35.5. The molecule has 0 aliphatic heterocycles. The van der Waals surface area contributed by atoms with Gasteiger partial charge in [-0.05, 0) is 47.0 Å². The normalized spacial score (nSPS) is 10.4. The molecule has 11 nitrogen and oxygen atoms in total. The summed E-state index contributed by atoms with van der Waals surface area (Å²) in [6.07, 6.45) is 0. The smallest absolute Gasteiger partial charge is 0.322 e. The Morgan fingerprint density at radius 3 is 1.86 bits per heavy atom. The average molecular weight is 662 g/mol. The van der Waals surface area contributed by atoms with Crippen molar-refractivity contribution in [3.63, 3.8) is 0 Å². The van der Waals surface area contributed by atoms with Crippen molar-refractivity contribution in [2.75, 3.05) is 6.54 Å². The van der Waals surface area contributed by atoms with Crippen LogP contribution in [0.25, 0.3) is 0 Å². The molecule has 0 saturated heterocycles. The summed E-state index contributed by atoms with van der Waals surface area (Å²) < 4.78 is 0.688. The van der Waals surface area contributed by atoms with E-state index < -0.39 is 52.6 Å². The van der Waals surface area contributed by atoms with Crippen LogP contribution in [0.4, 0.5) is 0 Å². The molecule has 44 heavy (non-hydrogen) atoms. The van der Waals surface area contributed by atoms with Gasteiger partial charge in [0.2, 0.25) is 5.88 Å². The third-order valence-corrected chi connectivity index (χ3v) is 6.94. The second kappa shape index (κ2) is 15.8. The maximum atomic E-state index is 13.0. The Morgan fingerprint density at radius 2 is 1.32 bits per heavy atom. The van der Waals surface area contributed by atoms with Gasteiger partial charge in [-0.3, -0.25) is 23.7 Å². The van der Waals surface area contributed by atoms with Crippen molar-refractivity contribution in [2.45, 2.75) is 19.6 Å². The zero-order valence-electron chi connectivity index (χ0n) is 22.9. The van der Waals surface area contributed by atoms with Crippen LogP contribution in [0.2, 0.25) is 15.1 Å². The van der Waals surface area contributed by atoms with Crippen molar-refractivity contribution in [3.05, 3.63) is 126 Å². The van der Waals surface area contributed by atoms with E-state index in [4.69, 9.17) is 45.6 Å². The lowest BCUT2D eigenvalue weighted by Crippen LogP contribution is -2.37. The van der Waals surface area contributed by atoms with E-state index in [1.807, 2.05) is 29.6 Å². The van der Waals surface area contributed by atoms with Gasteiger partial charge < -0.3 is 31.7 Å². The minimum atomic E-state index is -1.39. The zero-order chi connectivity index (χ0) is 32.4. The van der Waals surface area contributed by atoms with Gasteiger partial charge in [0.05, 0.1) is 6.54 Å². The van der Waals surface area contributed by atoms with Gasteiger partial charge >= 0.3 is 5.97 Å². The van der Waals surface area contributed by atoms with Crippen molar-refractivity contribution >= 4 is 52.6 Å². The fourth-order valence-electron chi connectivity index (χ4n) is 3.79. The Bertz CT molecular complexity index is 1710. The molecule has 4 aromatic rings. The van der Waals surface area contributed by atoms with Gasteiger partial charge in [0.25, 0.3) is 17.4 Å². The number of benzene rings is 3. The molecule has 1 aromatic heterocycles. The van der Waals surface area contributed by atoms with Crippen LogP contribution in [0.3, 0.4) is 0 Å². The van der Waals surface area contributed by atoms with Crippen LogP contribution >= 0.6 is 34.8 Å². The summed E-state index contributed by atoms with van der Waals surface area (Å²) in [4.78, 5) is 49.4. The Kier molecular flexibility index (Phi) is 12.2. The molecule has 0 saturated carbocycles. The number of nitrogens with zero attached hydrogens (tertiary/aromatic N) is 1. The molecule has 3 aromatic carbocycles. The third kappa shape index (κ3) is 8.98. The molecule has 0 fully saturated rings. The van der Waals surface area contributed by atoms with Crippen molar-refractivity contribution in [3.8, 4) is 11.6 Å². The van der Waals surface area contributed by atoms with Crippen LogP contribution in [0.1, 0.15) is 37.4 Å². The summed E-state index contributed by atoms with van der Waals surface area (Å²) in [7, 11) is 0. The number of nitrogens with one attached hydrogen (secondary N) is 2. The van der Waals surface area contributed by atoms with E-state index in [-0.39, 0.29) is 18.1 Å². The molecule has 0 unspecified atom stereocenters. The number of aromatic hydroxyl groups is 2. The van der Waals surface area contributed by atoms with Crippen LogP contribution in [0.15, 0.2) is 77.6 Å². The molecule has 0 bridgehead atoms. The molecule has 1 heterocycles. The fourth-order valence-corrected chi connectivity index (χ4v) is 4.24. The molecule has 0 aliphatic rings. The Hall–Kier alpha value is -4.55. The quantitative estimate of drug-likeness (QED) is 0.154. The fraction of sp³-hybridized carbons (Fsp3) is 0.133. The van der Waals surface area contributed by atoms with Crippen LogP contribution in [-0.4, -0.2) is 44.2 Å². The molecule has 0 radical (unpaired) electrons. The van der Waals surface area contributed by atoms with Gasteiger partial charge in [-0.2, -0.15) is 0 Å². The van der Waals surface area contributed by atoms with E-state index >= 15 is 0 Å². The number of carboxylic acids is 1. The number of hydrogen-bond acceptors (Lipinski definition) is 7. The SMILES string of the molecule is NCc1ccc(Cl)cc1.O=C(O)CNC(=O)c1c(O)c(C(=O)NCc2ccc(Cl)cc2)c(O)n(Cc2ccccc2Cl)c1=O. The second-order valence-corrected chi connectivity index (χ2v) is 10.4. The van der Waals surface area contributed by atoms with Crippen molar-refractivity contribution < 1.29 is 29.7 Å². The topological polar surface area (TPSA) is 184 Å². The second-order valence-electron chi connectivity index (χ2n) is 9.12. The predicted molar refractivity (Wildman–Crippen MR) is 167 cm³/mol. The van der Waals surface area contributed by atoms with E-state index in [0.717, 1.165) is 10.6 Å². The number of amides is 2. The van der Waals surface area contributed by atoms with Crippen molar-refractivity contribution in [1.29, 1.82) is 0 Å². The van der Waals surface area contributed by atoms with Crippen molar-refractivity contribution in [1.82, 2.24) is 15.2 Å². The highest BCUT2D eigenvalue weighted by Crippen LogP contribution is 2.30. The van der Waals surface area contributed by atoms with Crippen LogP contribution in [0.5, 0.6) is 11.6 Å². The van der Waals surface area contributed by atoms with Crippen LogP contribution < -0.4 is 21.9 Å². The van der Waals surface area contributed by atoms with Gasteiger partial charge in [0.15, 0.2) is 5.75 Å². The van der Waals surface area contributed by atoms with Gasteiger partial charge in [-0.15, -0.1) is 0 Å². The molecule has 2 amide bonds. The molecule has 7 N–H and O–H groups in total. The molecule has 14 heteroatoms. The number of nitrogens with two attached hydrogens (primary N) is 1. The highest BCUT2D eigenvalue weighted by Gasteiger charge is 2.30. The van der Waals surface area contributed by atoms with Gasteiger partial charge in [0, 0.05) is 28.2 Å². The lowest BCUT2D eigenvalue weighted by Gasteiger charge is -2.17. The summed E-state index contributed by atoms with van der Waals surface area (Å²) in [6, 6.07) is 20.4. The molecule has 230 valence electrons. The lowest BCUT2D eigenvalue weighted by atomic mass is 10.1. The first kappa shape index (κ1) is 33.9. The van der Waals surface area contributed by atoms with Gasteiger partial charge in [-0.1, -0.05) is 77.3 Å². The predicted octanol–water partition coefficient (Wildman–Crippen LogP) is 4.16. The summed E-state index contributed by atoms with van der Waals surface area (Å²) in [5.74, 6) is -5.63. The number of pyridine rings is 1. The number of rotatable bonds is 9. The molecule has 0 spiro atoms. The molecular weight excluding hydrogens is 635 g/mol. The summed E-state index contributed by atoms with van der Waals surface area (Å²) in [5, 5.41) is 36.2. The number of halogens is 3. The average Bonchev–Trinajstić information content (AvgIpc) is 2.99. The monoisotopic (exact) mass is 660 g/mol. The lowest BCUT2D eigenvalue weighted by molar-refractivity contribution is -0.135. The van der Waals surface area contributed by atoms with E-state index in [1.165, 1.54) is 0 Å². The van der Waals surface area contributed by atoms with Gasteiger partial charge in [0.1, 0.15) is 17.7 Å². The number of carbonyl (C=O) groups is 3. The van der Waals surface area contributed by atoms with Crippen LogP contribution in [0, 0.1) is 0 Å². The molecular formula is C30H27Cl3N4O7. The van der Waals surface area contributed by atoms with E-state index in [0.29, 0.717) is 27.3 Å². The van der Waals surface area contributed by atoms with Gasteiger partial charge in [-0.25, -0.2) is 0 Å².